The fraction of sp³-hybridized carbons (Fsp3) is 1.00. The van der Waals surface area contributed by atoms with Gasteiger partial charge in [0, 0.05) is 12.6 Å². The van der Waals surface area contributed by atoms with E-state index < -0.39 is 0 Å². The summed E-state index contributed by atoms with van der Waals surface area (Å²) >= 11 is 0. The third-order valence-electron chi connectivity index (χ3n) is 9.71. The Balaban J connectivity index is 1.86. The van der Waals surface area contributed by atoms with Crippen molar-refractivity contribution in [3.05, 3.63) is 0 Å². The quantitative estimate of drug-likeness (QED) is 0.432. The van der Waals surface area contributed by atoms with Crippen LogP contribution in [0.5, 0.6) is 0 Å². The van der Waals surface area contributed by atoms with Crippen molar-refractivity contribution in [3.8, 4) is 0 Å². The van der Waals surface area contributed by atoms with E-state index >= 15 is 0 Å². The van der Waals surface area contributed by atoms with Gasteiger partial charge in [-0.05, 0) is 100 Å². The molecule has 31 heavy (non-hydrogen) atoms. The predicted molar refractivity (Wildman–Crippen MR) is 131 cm³/mol. The lowest BCUT2D eigenvalue weighted by molar-refractivity contribution is 0.0194. The van der Waals surface area contributed by atoms with Crippen LogP contribution in [0.1, 0.15) is 112 Å². The lowest BCUT2D eigenvalue weighted by atomic mass is 9.62. The summed E-state index contributed by atoms with van der Waals surface area (Å²) < 4.78 is 5.73. The van der Waals surface area contributed by atoms with Crippen LogP contribution in [0.4, 0.5) is 0 Å². The molecule has 1 heterocycles. The highest BCUT2D eigenvalue weighted by Gasteiger charge is 2.51. The minimum atomic E-state index is -0.213. The second-order valence-corrected chi connectivity index (χ2v) is 12.5. The molecule has 3 aliphatic rings. The van der Waals surface area contributed by atoms with Crippen LogP contribution in [0.15, 0.2) is 0 Å². The Morgan fingerprint density at radius 2 is 1.81 bits per heavy atom. The summed E-state index contributed by atoms with van der Waals surface area (Å²) in [5.41, 5.74) is 0.863. The van der Waals surface area contributed by atoms with E-state index in [-0.39, 0.29) is 12.1 Å². The monoisotopic (exact) mass is 435 g/mol. The van der Waals surface area contributed by atoms with Gasteiger partial charge < -0.3 is 9.84 Å². The van der Waals surface area contributed by atoms with E-state index in [1.165, 1.54) is 57.8 Å². The molecule has 3 nitrogen and oxygen atoms in total. The van der Waals surface area contributed by atoms with E-state index in [0.717, 1.165) is 37.1 Å². The van der Waals surface area contributed by atoms with Crippen molar-refractivity contribution < 1.29 is 9.84 Å². The van der Waals surface area contributed by atoms with Crippen LogP contribution in [0.3, 0.4) is 0 Å². The van der Waals surface area contributed by atoms with Crippen molar-refractivity contribution in [2.24, 2.45) is 28.6 Å². The van der Waals surface area contributed by atoms with Gasteiger partial charge in [-0.25, -0.2) is 0 Å². The third kappa shape index (κ3) is 6.07. The molecular weight excluding hydrogens is 382 g/mol. The van der Waals surface area contributed by atoms with Gasteiger partial charge in [0.25, 0.3) is 0 Å². The van der Waals surface area contributed by atoms with Crippen LogP contribution in [-0.2, 0) is 4.74 Å². The molecule has 0 amide bonds. The van der Waals surface area contributed by atoms with Crippen LogP contribution < -0.4 is 0 Å². The minimum absolute atomic E-state index is 0.213. The maximum atomic E-state index is 11.4. The molecule has 1 N–H and O–H groups in total. The second-order valence-electron chi connectivity index (χ2n) is 12.5. The summed E-state index contributed by atoms with van der Waals surface area (Å²) in [4.78, 5) is 2.45. The number of likely N-dealkylation sites (N-methyl/N-ethyl adjacent to an activating group) is 1. The summed E-state index contributed by atoms with van der Waals surface area (Å²) in [6.45, 7) is 15.4. The largest absolute Gasteiger partial charge is 0.391 e. The van der Waals surface area contributed by atoms with E-state index in [4.69, 9.17) is 4.74 Å². The highest BCUT2D eigenvalue weighted by Crippen LogP contribution is 2.60. The second kappa shape index (κ2) is 10.4. The van der Waals surface area contributed by atoms with Crippen molar-refractivity contribution >= 4 is 0 Å². The van der Waals surface area contributed by atoms with Crippen LogP contribution in [0.25, 0.3) is 0 Å². The Kier molecular flexibility index (Phi) is 8.58. The number of rotatable bonds is 8. The Bertz CT molecular complexity index is 565. The van der Waals surface area contributed by atoms with E-state index in [0.29, 0.717) is 23.0 Å². The number of fused-ring (bicyclic) bond motifs is 2. The highest BCUT2D eigenvalue weighted by molar-refractivity contribution is 5.02. The van der Waals surface area contributed by atoms with Crippen molar-refractivity contribution in [1.82, 2.24) is 4.90 Å². The normalized spacial score (nSPS) is 42.6. The fourth-order valence-electron chi connectivity index (χ4n) is 7.70. The van der Waals surface area contributed by atoms with E-state index in [9.17, 15) is 5.11 Å². The smallest absolute Gasteiger partial charge is 0.0965 e. The van der Waals surface area contributed by atoms with Gasteiger partial charge in [0.05, 0.1) is 18.3 Å². The Morgan fingerprint density at radius 1 is 1.10 bits per heavy atom. The zero-order valence-corrected chi connectivity index (χ0v) is 21.8. The maximum Gasteiger partial charge on any atom is 0.0965 e. The molecule has 2 aliphatic carbocycles. The average molecular weight is 436 g/mol. The molecule has 0 aromatic heterocycles. The SMILES string of the molecule is CCCC(C(C)C)C12CCC(CC)CCC(O)C(N(C)CC3OC3C)CC(C)(CC1)C2. The van der Waals surface area contributed by atoms with Crippen molar-refractivity contribution in [3.63, 3.8) is 0 Å². The molecule has 8 unspecified atom stereocenters. The average Bonchev–Trinajstić information content (AvgIpc) is 3.30. The Hall–Kier alpha value is -0.120. The van der Waals surface area contributed by atoms with E-state index in [2.05, 4.69) is 53.5 Å². The molecule has 3 fully saturated rings. The summed E-state index contributed by atoms with van der Waals surface area (Å²) in [5, 5.41) is 11.4. The topological polar surface area (TPSA) is 36.0 Å². The number of hydrogen-bond donors (Lipinski definition) is 1. The summed E-state index contributed by atoms with van der Waals surface area (Å²) in [6.07, 6.45) is 14.7. The number of aliphatic hydroxyl groups is 1. The number of hydrogen-bond acceptors (Lipinski definition) is 3. The van der Waals surface area contributed by atoms with Gasteiger partial charge in [0.2, 0.25) is 0 Å². The first kappa shape index (κ1) is 25.5. The first-order valence-corrected chi connectivity index (χ1v) is 13.7. The van der Waals surface area contributed by atoms with E-state index in [1.54, 1.807) is 0 Å². The molecule has 182 valence electrons. The molecule has 0 aromatic carbocycles. The number of ether oxygens (including phenoxy) is 1. The van der Waals surface area contributed by atoms with Gasteiger partial charge in [0.1, 0.15) is 0 Å². The van der Waals surface area contributed by atoms with E-state index in [1.807, 2.05) is 0 Å². The maximum absolute atomic E-state index is 11.4. The summed E-state index contributed by atoms with van der Waals surface area (Å²) in [5.74, 6) is 2.38. The molecular formula is C28H53NO2. The molecule has 1 saturated heterocycles. The van der Waals surface area contributed by atoms with Crippen LogP contribution in [0, 0.1) is 28.6 Å². The molecule has 3 heteroatoms. The Morgan fingerprint density at radius 3 is 2.39 bits per heavy atom. The van der Waals surface area contributed by atoms with Crippen molar-refractivity contribution in [1.29, 1.82) is 0 Å². The molecule has 2 saturated carbocycles. The van der Waals surface area contributed by atoms with Gasteiger partial charge in [-0.2, -0.15) is 0 Å². The first-order chi connectivity index (χ1) is 14.6. The molecule has 1 aliphatic heterocycles. The van der Waals surface area contributed by atoms with Crippen molar-refractivity contribution in [2.75, 3.05) is 13.6 Å². The fourth-order valence-corrected chi connectivity index (χ4v) is 7.70. The number of epoxide rings is 1. The molecule has 2 bridgehead atoms. The Labute approximate surface area is 193 Å². The van der Waals surface area contributed by atoms with Gasteiger partial charge in [-0.15, -0.1) is 0 Å². The minimum Gasteiger partial charge on any atom is -0.391 e. The van der Waals surface area contributed by atoms with Gasteiger partial charge >= 0.3 is 0 Å². The zero-order chi connectivity index (χ0) is 22.8. The summed E-state index contributed by atoms with van der Waals surface area (Å²) in [6, 6.07) is 0.261. The molecule has 0 radical (unpaired) electrons. The number of aliphatic hydroxyl groups excluding tert-OH is 1. The standard InChI is InChI=1S/C28H53NO2/c1-8-10-23(20(3)4)28-14-13-22(9-2)11-12-25(30)24(17-27(6,19-28)15-16-28)29(7)18-26-21(5)31-26/h20-26,30H,8-19H2,1-7H3. The zero-order valence-electron chi connectivity index (χ0n) is 21.8. The third-order valence-corrected chi connectivity index (χ3v) is 9.71. The molecule has 3 rings (SSSR count). The lowest BCUT2D eigenvalue weighted by Crippen LogP contribution is -2.46. The van der Waals surface area contributed by atoms with Gasteiger partial charge in [-0.1, -0.05) is 47.5 Å². The molecule has 8 atom stereocenters. The predicted octanol–water partition coefficient (Wildman–Crippen LogP) is 6.67. The number of nitrogens with zero attached hydrogens (tertiary/aromatic N) is 1. The van der Waals surface area contributed by atoms with Crippen molar-refractivity contribution in [2.45, 2.75) is 137 Å². The molecule has 0 aromatic rings. The van der Waals surface area contributed by atoms with Crippen LogP contribution in [-0.4, -0.2) is 48.0 Å². The highest BCUT2D eigenvalue weighted by atomic mass is 16.6. The molecule has 0 spiro atoms. The van der Waals surface area contributed by atoms with Gasteiger partial charge in [0.15, 0.2) is 0 Å². The first-order valence-electron chi connectivity index (χ1n) is 13.7. The van der Waals surface area contributed by atoms with Crippen LogP contribution in [0.2, 0.25) is 0 Å². The summed E-state index contributed by atoms with van der Waals surface area (Å²) in [7, 11) is 2.23. The lowest BCUT2D eigenvalue weighted by Gasteiger charge is -2.43. The van der Waals surface area contributed by atoms with Gasteiger partial charge in [-0.3, -0.25) is 4.90 Å². The van der Waals surface area contributed by atoms with Crippen LogP contribution >= 0.6 is 0 Å².